The molecule has 32 heavy (non-hydrogen) atoms. The van der Waals surface area contributed by atoms with Crippen molar-refractivity contribution < 1.29 is 28.3 Å². The predicted octanol–water partition coefficient (Wildman–Crippen LogP) is 3.31. The molecule has 1 aliphatic rings. The van der Waals surface area contributed by atoms with E-state index in [9.17, 15) is 19.2 Å². The van der Waals surface area contributed by atoms with Crippen molar-refractivity contribution in [3.63, 3.8) is 0 Å². The molecule has 1 unspecified atom stereocenters. The molecular weight excluding hydrogens is 438 g/mol. The van der Waals surface area contributed by atoms with E-state index in [-0.39, 0.29) is 29.1 Å². The zero-order valence-electron chi connectivity index (χ0n) is 16.7. The molecule has 0 aliphatic carbocycles. The standard InChI is InChI=1S/C22H16ClN3O6/c1-12(19(27)25-18-7-5-14(23)10-24-18)32-22(30)13-4-6-16-17(9-13)21(29)26(20(16)28)11-15-3-2-8-31-15/h2-10,12H,11H2,1H3,(H,24,25,27). The molecule has 1 aliphatic heterocycles. The summed E-state index contributed by atoms with van der Waals surface area (Å²) in [5.41, 5.74) is 0.296. The van der Waals surface area contributed by atoms with E-state index in [1.54, 1.807) is 18.2 Å². The maximum Gasteiger partial charge on any atom is 0.338 e. The topological polar surface area (TPSA) is 119 Å². The molecule has 1 atom stereocenters. The van der Waals surface area contributed by atoms with Crippen molar-refractivity contribution in [3.05, 3.63) is 82.4 Å². The van der Waals surface area contributed by atoms with Crippen molar-refractivity contribution in [2.75, 3.05) is 5.32 Å². The lowest BCUT2D eigenvalue weighted by Gasteiger charge is -2.13. The zero-order valence-corrected chi connectivity index (χ0v) is 17.5. The number of fused-ring (bicyclic) bond motifs is 1. The lowest BCUT2D eigenvalue weighted by Crippen LogP contribution is -2.30. The number of hydrogen-bond donors (Lipinski definition) is 1. The number of carbonyl (C=O) groups is 4. The van der Waals surface area contributed by atoms with Crippen LogP contribution >= 0.6 is 11.6 Å². The van der Waals surface area contributed by atoms with Gasteiger partial charge in [0.1, 0.15) is 11.6 Å². The Morgan fingerprint density at radius 3 is 2.62 bits per heavy atom. The number of imide groups is 1. The van der Waals surface area contributed by atoms with Crippen LogP contribution in [0.15, 0.2) is 59.3 Å². The van der Waals surface area contributed by atoms with Crippen LogP contribution in [0.1, 0.15) is 43.8 Å². The molecule has 3 aromatic rings. The molecular formula is C22H16ClN3O6. The van der Waals surface area contributed by atoms with Crippen molar-refractivity contribution in [2.24, 2.45) is 0 Å². The van der Waals surface area contributed by atoms with Crippen LogP contribution in [0.3, 0.4) is 0 Å². The molecule has 0 fully saturated rings. The van der Waals surface area contributed by atoms with E-state index >= 15 is 0 Å². The molecule has 10 heteroatoms. The van der Waals surface area contributed by atoms with Gasteiger partial charge in [-0.1, -0.05) is 11.6 Å². The Morgan fingerprint density at radius 1 is 1.16 bits per heavy atom. The summed E-state index contributed by atoms with van der Waals surface area (Å²) in [5, 5.41) is 2.92. The lowest BCUT2D eigenvalue weighted by atomic mass is 10.1. The molecule has 3 heterocycles. The Morgan fingerprint density at radius 2 is 1.94 bits per heavy atom. The largest absolute Gasteiger partial charge is 0.467 e. The van der Waals surface area contributed by atoms with E-state index in [0.29, 0.717) is 10.8 Å². The quantitative estimate of drug-likeness (QED) is 0.449. The number of rotatable bonds is 6. The van der Waals surface area contributed by atoms with Crippen LogP contribution in [-0.4, -0.2) is 39.7 Å². The lowest BCUT2D eigenvalue weighted by molar-refractivity contribution is -0.123. The average Bonchev–Trinajstić information content (AvgIpc) is 3.38. The van der Waals surface area contributed by atoms with Gasteiger partial charge in [-0.3, -0.25) is 19.3 Å². The van der Waals surface area contributed by atoms with E-state index in [1.807, 2.05) is 0 Å². The first-order valence-corrected chi connectivity index (χ1v) is 9.87. The summed E-state index contributed by atoms with van der Waals surface area (Å²) in [4.78, 5) is 55.0. The van der Waals surface area contributed by atoms with Gasteiger partial charge >= 0.3 is 5.97 Å². The molecule has 0 radical (unpaired) electrons. The molecule has 1 aromatic carbocycles. The van der Waals surface area contributed by atoms with Crippen molar-refractivity contribution in [1.29, 1.82) is 0 Å². The number of nitrogens with zero attached hydrogens (tertiary/aromatic N) is 2. The fourth-order valence-corrected chi connectivity index (χ4v) is 3.19. The summed E-state index contributed by atoms with van der Waals surface area (Å²) in [5.74, 6) is -1.73. The Balaban J connectivity index is 1.44. The van der Waals surface area contributed by atoms with Crippen LogP contribution in [0, 0.1) is 0 Å². The SMILES string of the molecule is CC(OC(=O)c1ccc2c(c1)C(=O)N(Cc1ccco1)C2=O)C(=O)Nc1ccc(Cl)cn1. The van der Waals surface area contributed by atoms with Crippen LogP contribution < -0.4 is 5.32 Å². The summed E-state index contributed by atoms with van der Waals surface area (Å²) in [6.07, 6.45) is 1.68. The molecule has 9 nitrogen and oxygen atoms in total. The zero-order chi connectivity index (χ0) is 22.8. The normalized spacial score (nSPS) is 13.6. The Kier molecular flexibility index (Phi) is 5.74. The highest BCUT2D eigenvalue weighted by Crippen LogP contribution is 2.26. The van der Waals surface area contributed by atoms with Crippen LogP contribution in [0.4, 0.5) is 5.82 Å². The molecule has 2 aromatic heterocycles. The molecule has 1 N–H and O–H groups in total. The fourth-order valence-electron chi connectivity index (χ4n) is 3.08. The van der Waals surface area contributed by atoms with E-state index < -0.39 is 29.8 Å². The molecule has 0 bridgehead atoms. The molecule has 3 amide bonds. The molecule has 4 rings (SSSR count). The Bertz CT molecular complexity index is 1210. The summed E-state index contributed by atoms with van der Waals surface area (Å²) in [6.45, 7) is 1.38. The number of pyridine rings is 1. The van der Waals surface area contributed by atoms with E-state index in [4.69, 9.17) is 20.8 Å². The second-order valence-electron chi connectivity index (χ2n) is 6.93. The highest BCUT2D eigenvalue weighted by Gasteiger charge is 2.36. The number of benzene rings is 1. The number of amides is 3. The van der Waals surface area contributed by atoms with Crippen LogP contribution in [0.25, 0.3) is 0 Å². The van der Waals surface area contributed by atoms with E-state index in [0.717, 1.165) is 4.90 Å². The Labute approximate surface area is 186 Å². The number of carbonyl (C=O) groups excluding carboxylic acids is 4. The summed E-state index contributed by atoms with van der Waals surface area (Å²) in [7, 11) is 0. The average molecular weight is 454 g/mol. The smallest absolute Gasteiger partial charge is 0.338 e. The van der Waals surface area contributed by atoms with Gasteiger partial charge in [-0.05, 0) is 49.4 Å². The number of anilines is 1. The second kappa shape index (κ2) is 8.64. The number of hydrogen-bond acceptors (Lipinski definition) is 7. The van der Waals surface area contributed by atoms with Crippen LogP contribution in [0.2, 0.25) is 5.02 Å². The van der Waals surface area contributed by atoms with Crippen molar-refractivity contribution in [2.45, 2.75) is 19.6 Å². The van der Waals surface area contributed by atoms with Gasteiger partial charge in [0.2, 0.25) is 0 Å². The maximum atomic E-state index is 12.7. The minimum atomic E-state index is -1.14. The van der Waals surface area contributed by atoms with Gasteiger partial charge in [0.05, 0.1) is 34.5 Å². The third-order valence-corrected chi connectivity index (χ3v) is 4.96. The number of halogens is 1. The number of nitrogens with one attached hydrogen (secondary N) is 1. The number of aromatic nitrogens is 1. The van der Waals surface area contributed by atoms with Gasteiger partial charge in [-0.15, -0.1) is 0 Å². The summed E-state index contributed by atoms with van der Waals surface area (Å²) in [6, 6.07) is 10.4. The minimum Gasteiger partial charge on any atom is -0.467 e. The van der Waals surface area contributed by atoms with Gasteiger partial charge < -0.3 is 14.5 Å². The van der Waals surface area contributed by atoms with Crippen LogP contribution in [0.5, 0.6) is 0 Å². The van der Waals surface area contributed by atoms with Gasteiger partial charge in [0, 0.05) is 6.20 Å². The highest BCUT2D eigenvalue weighted by atomic mass is 35.5. The third-order valence-electron chi connectivity index (χ3n) is 4.73. The van der Waals surface area contributed by atoms with E-state index in [2.05, 4.69) is 10.3 Å². The first kappa shape index (κ1) is 21.3. The van der Waals surface area contributed by atoms with Crippen molar-refractivity contribution in [1.82, 2.24) is 9.88 Å². The van der Waals surface area contributed by atoms with Crippen LogP contribution in [-0.2, 0) is 16.1 Å². The van der Waals surface area contributed by atoms with Crippen molar-refractivity contribution in [3.8, 4) is 0 Å². The van der Waals surface area contributed by atoms with Gasteiger partial charge in [0.25, 0.3) is 17.7 Å². The van der Waals surface area contributed by atoms with Gasteiger partial charge in [-0.2, -0.15) is 0 Å². The Hall–Kier alpha value is -3.98. The monoisotopic (exact) mass is 453 g/mol. The summed E-state index contributed by atoms with van der Waals surface area (Å²) >= 11 is 5.75. The molecule has 162 valence electrons. The predicted molar refractivity (Wildman–Crippen MR) is 112 cm³/mol. The molecule has 0 saturated carbocycles. The number of esters is 1. The molecule has 0 spiro atoms. The van der Waals surface area contributed by atoms with E-state index in [1.165, 1.54) is 43.6 Å². The fraction of sp³-hybridized carbons (Fsp3) is 0.136. The highest BCUT2D eigenvalue weighted by molar-refractivity contribution is 6.30. The number of furan rings is 1. The maximum absolute atomic E-state index is 12.7. The first-order chi connectivity index (χ1) is 15.3. The third kappa shape index (κ3) is 4.23. The number of ether oxygens (including phenoxy) is 1. The van der Waals surface area contributed by atoms with Crippen molar-refractivity contribution >= 4 is 41.1 Å². The summed E-state index contributed by atoms with van der Waals surface area (Å²) < 4.78 is 10.4. The van der Waals surface area contributed by atoms with Gasteiger partial charge in [0.15, 0.2) is 6.10 Å². The molecule has 0 saturated heterocycles. The first-order valence-electron chi connectivity index (χ1n) is 9.49. The minimum absolute atomic E-state index is 0.0188. The van der Waals surface area contributed by atoms with Gasteiger partial charge in [-0.25, -0.2) is 9.78 Å². The second-order valence-corrected chi connectivity index (χ2v) is 7.37.